The van der Waals surface area contributed by atoms with Crippen molar-refractivity contribution in [1.29, 1.82) is 0 Å². The van der Waals surface area contributed by atoms with Crippen molar-refractivity contribution >= 4 is 27.5 Å². The number of carbonyl (C=O) groups is 1. The molecule has 1 unspecified atom stereocenters. The fourth-order valence-corrected chi connectivity index (χ4v) is 2.88. The first-order chi connectivity index (χ1) is 10.1. The van der Waals surface area contributed by atoms with Crippen LogP contribution in [-0.4, -0.2) is 12.5 Å². The van der Waals surface area contributed by atoms with Gasteiger partial charge >= 0.3 is 0 Å². The summed E-state index contributed by atoms with van der Waals surface area (Å²) in [6.45, 7) is 0.749. The number of nitrogens with one attached hydrogen (secondary N) is 2. The maximum Gasteiger partial charge on any atom is 0.246 e. The fraction of sp³-hybridized carbons (Fsp3) is 0.188. The summed E-state index contributed by atoms with van der Waals surface area (Å²) in [5, 5.41) is 5.98. The molecule has 3 nitrogen and oxygen atoms in total. The Hall–Kier alpha value is -1.72. The molecule has 5 heteroatoms. The molecule has 2 N–H and O–H groups in total. The highest BCUT2D eigenvalue weighted by Crippen LogP contribution is 2.27. The molecule has 0 fully saturated rings. The second kappa shape index (κ2) is 5.95. The zero-order chi connectivity index (χ0) is 14.8. The molecule has 0 saturated heterocycles. The molecule has 1 amide bonds. The first kappa shape index (κ1) is 14.2. The lowest BCUT2D eigenvalue weighted by atomic mass is 9.94. The summed E-state index contributed by atoms with van der Waals surface area (Å²) in [7, 11) is 0. The van der Waals surface area contributed by atoms with Gasteiger partial charge in [0, 0.05) is 11.0 Å². The fourth-order valence-electron chi connectivity index (χ4n) is 2.54. The number of fused-ring (bicyclic) bond motifs is 1. The number of hydrogen-bond donors (Lipinski definition) is 2. The van der Waals surface area contributed by atoms with Crippen LogP contribution in [-0.2, 0) is 11.2 Å². The molecule has 0 aromatic heterocycles. The Labute approximate surface area is 130 Å². The zero-order valence-corrected chi connectivity index (χ0v) is 12.8. The van der Waals surface area contributed by atoms with E-state index in [1.54, 1.807) is 6.07 Å². The summed E-state index contributed by atoms with van der Waals surface area (Å²) < 4.78 is 13.9. The molecule has 0 aliphatic carbocycles. The normalized spacial score (nSPS) is 17.1. The minimum absolute atomic E-state index is 0.187. The molecular weight excluding hydrogens is 335 g/mol. The molecule has 0 bridgehead atoms. The Morgan fingerprint density at radius 3 is 2.95 bits per heavy atom. The van der Waals surface area contributed by atoms with E-state index in [9.17, 15) is 9.18 Å². The number of anilines is 1. The minimum atomic E-state index is -0.412. The van der Waals surface area contributed by atoms with Gasteiger partial charge in [0.2, 0.25) is 5.91 Å². The molecule has 1 aliphatic rings. The third kappa shape index (κ3) is 2.99. The summed E-state index contributed by atoms with van der Waals surface area (Å²) >= 11 is 3.31. The summed E-state index contributed by atoms with van der Waals surface area (Å²) in [6.07, 6.45) is 0.906. The molecule has 21 heavy (non-hydrogen) atoms. The minimum Gasteiger partial charge on any atom is -0.323 e. The number of amides is 1. The van der Waals surface area contributed by atoms with Crippen molar-refractivity contribution < 1.29 is 9.18 Å². The average Bonchev–Trinajstić information content (AvgIpc) is 2.50. The first-order valence-electron chi connectivity index (χ1n) is 6.72. The lowest BCUT2D eigenvalue weighted by Gasteiger charge is -2.26. The van der Waals surface area contributed by atoms with Gasteiger partial charge in [-0.2, -0.15) is 0 Å². The molecule has 0 radical (unpaired) electrons. The van der Waals surface area contributed by atoms with Gasteiger partial charge in [-0.25, -0.2) is 4.39 Å². The summed E-state index contributed by atoms with van der Waals surface area (Å²) in [4.78, 5) is 12.5. The second-order valence-corrected chi connectivity index (χ2v) is 5.80. The highest BCUT2D eigenvalue weighted by molar-refractivity contribution is 9.10. The van der Waals surface area contributed by atoms with Crippen LogP contribution >= 0.6 is 15.9 Å². The summed E-state index contributed by atoms with van der Waals surface area (Å²) in [5.41, 5.74) is 2.59. The van der Waals surface area contributed by atoms with E-state index in [4.69, 9.17) is 0 Å². The van der Waals surface area contributed by atoms with E-state index in [0.717, 1.165) is 18.5 Å². The van der Waals surface area contributed by atoms with E-state index in [1.807, 2.05) is 24.3 Å². The smallest absolute Gasteiger partial charge is 0.246 e. The number of rotatable bonds is 2. The van der Waals surface area contributed by atoms with Crippen LogP contribution in [0, 0.1) is 5.82 Å². The SMILES string of the molecule is O=C(Nc1cc(F)ccc1Br)C1NCCc2ccccc21. The molecule has 1 aliphatic heterocycles. The highest BCUT2D eigenvalue weighted by Gasteiger charge is 2.26. The van der Waals surface area contributed by atoms with E-state index in [-0.39, 0.29) is 11.7 Å². The Morgan fingerprint density at radius 2 is 2.10 bits per heavy atom. The zero-order valence-electron chi connectivity index (χ0n) is 11.2. The van der Waals surface area contributed by atoms with Gasteiger partial charge in [0.1, 0.15) is 11.9 Å². The van der Waals surface area contributed by atoms with E-state index < -0.39 is 6.04 Å². The molecule has 1 atom stereocenters. The van der Waals surface area contributed by atoms with Gasteiger partial charge in [0.15, 0.2) is 0 Å². The van der Waals surface area contributed by atoms with Gasteiger partial charge in [0.05, 0.1) is 5.69 Å². The van der Waals surface area contributed by atoms with Crippen LogP contribution in [0.3, 0.4) is 0 Å². The number of halogens is 2. The number of hydrogen-bond acceptors (Lipinski definition) is 2. The molecule has 2 aromatic carbocycles. The summed E-state index contributed by atoms with van der Waals surface area (Å²) in [6, 6.07) is 11.7. The Bertz CT molecular complexity index is 690. The van der Waals surface area contributed by atoms with Crippen LogP contribution in [0.5, 0.6) is 0 Å². The molecule has 0 spiro atoms. The Morgan fingerprint density at radius 1 is 1.29 bits per heavy atom. The van der Waals surface area contributed by atoms with Crippen molar-refractivity contribution in [2.24, 2.45) is 0 Å². The summed E-state index contributed by atoms with van der Waals surface area (Å²) in [5.74, 6) is -0.570. The van der Waals surface area contributed by atoms with Crippen LogP contribution in [0.15, 0.2) is 46.9 Å². The monoisotopic (exact) mass is 348 g/mol. The topological polar surface area (TPSA) is 41.1 Å². The maximum atomic E-state index is 13.3. The van der Waals surface area contributed by atoms with Crippen molar-refractivity contribution in [3.63, 3.8) is 0 Å². The van der Waals surface area contributed by atoms with E-state index >= 15 is 0 Å². The van der Waals surface area contributed by atoms with Crippen molar-refractivity contribution in [3.05, 3.63) is 63.9 Å². The van der Waals surface area contributed by atoms with Gasteiger partial charge in [0.25, 0.3) is 0 Å². The van der Waals surface area contributed by atoms with Gasteiger partial charge in [-0.05, 0) is 51.7 Å². The predicted molar refractivity (Wildman–Crippen MR) is 83.6 cm³/mol. The van der Waals surface area contributed by atoms with Crippen molar-refractivity contribution in [1.82, 2.24) is 5.32 Å². The predicted octanol–water partition coefficient (Wildman–Crippen LogP) is 3.41. The van der Waals surface area contributed by atoms with E-state index in [2.05, 4.69) is 26.6 Å². The standard InChI is InChI=1S/C16H14BrFN2O/c17-13-6-5-11(18)9-14(13)20-16(21)15-12-4-2-1-3-10(12)7-8-19-15/h1-6,9,15,19H,7-8H2,(H,20,21). The van der Waals surface area contributed by atoms with Crippen LogP contribution in [0.4, 0.5) is 10.1 Å². The highest BCUT2D eigenvalue weighted by atomic mass is 79.9. The van der Waals surface area contributed by atoms with Gasteiger partial charge in [-0.3, -0.25) is 4.79 Å². The third-order valence-electron chi connectivity index (χ3n) is 3.56. The maximum absolute atomic E-state index is 13.3. The van der Waals surface area contributed by atoms with E-state index in [1.165, 1.54) is 17.7 Å². The number of carbonyl (C=O) groups excluding carboxylic acids is 1. The van der Waals surface area contributed by atoms with E-state index in [0.29, 0.717) is 10.2 Å². The Kier molecular flexibility index (Phi) is 4.03. The Balaban J connectivity index is 1.85. The lowest BCUT2D eigenvalue weighted by molar-refractivity contribution is -0.118. The van der Waals surface area contributed by atoms with Crippen molar-refractivity contribution in [3.8, 4) is 0 Å². The molecular formula is C16H14BrFN2O. The average molecular weight is 349 g/mol. The quantitative estimate of drug-likeness (QED) is 0.873. The molecule has 108 valence electrons. The lowest BCUT2D eigenvalue weighted by Crippen LogP contribution is -2.38. The molecule has 3 rings (SSSR count). The molecule has 0 saturated carbocycles. The molecule has 1 heterocycles. The van der Waals surface area contributed by atoms with Crippen LogP contribution < -0.4 is 10.6 Å². The van der Waals surface area contributed by atoms with Crippen LogP contribution in [0.2, 0.25) is 0 Å². The van der Waals surface area contributed by atoms with Crippen molar-refractivity contribution in [2.45, 2.75) is 12.5 Å². The van der Waals surface area contributed by atoms with Gasteiger partial charge in [-0.1, -0.05) is 24.3 Å². The largest absolute Gasteiger partial charge is 0.323 e. The van der Waals surface area contributed by atoms with Crippen LogP contribution in [0.25, 0.3) is 0 Å². The van der Waals surface area contributed by atoms with Gasteiger partial charge < -0.3 is 10.6 Å². The van der Waals surface area contributed by atoms with Crippen molar-refractivity contribution in [2.75, 3.05) is 11.9 Å². The number of benzene rings is 2. The second-order valence-electron chi connectivity index (χ2n) is 4.95. The molecule has 2 aromatic rings. The third-order valence-corrected chi connectivity index (χ3v) is 4.25. The van der Waals surface area contributed by atoms with Crippen LogP contribution in [0.1, 0.15) is 17.2 Å². The van der Waals surface area contributed by atoms with Gasteiger partial charge in [-0.15, -0.1) is 0 Å². The first-order valence-corrected chi connectivity index (χ1v) is 7.51.